The standard InChI is InChI=1S/C13H19BrN2O3/c1-9(3-4-12(17)18)5-6-15-13(19)11-7-10(14)8-16(11)2/h7-9H,3-6H2,1-2H3,(H,15,19)(H,17,18). The normalized spacial score (nSPS) is 12.2. The molecular formula is C13H19BrN2O3. The van der Waals surface area contributed by atoms with Crippen LogP contribution in [0.25, 0.3) is 0 Å². The predicted molar refractivity (Wildman–Crippen MR) is 76.1 cm³/mol. The van der Waals surface area contributed by atoms with Crippen LogP contribution in [-0.2, 0) is 11.8 Å². The Morgan fingerprint density at radius 3 is 2.68 bits per heavy atom. The molecule has 0 saturated carbocycles. The number of carbonyl (C=O) groups is 2. The molecule has 6 heteroatoms. The second kappa shape index (κ2) is 7.33. The first-order valence-electron chi connectivity index (χ1n) is 6.22. The molecule has 106 valence electrons. The summed E-state index contributed by atoms with van der Waals surface area (Å²) < 4.78 is 2.63. The van der Waals surface area contributed by atoms with Crippen LogP contribution < -0.4 is 5.32 Å². The average Bonchev–Trinajstić information content (AvgIpc) is 2.65. The second-order valence-electron chi connectivity index (χ2n) is 4.74. The van der Waals surface area contributed by atoms with E-state index in [1.807, 2.05) is 20.2 Å². The van der Waals surface area contributed by atoms with E-state index in [-0.39, 0.29) is 18.2 Å². The van der Waals surface area contributed by atoms with Gasteiger partial charge in [0.05, 0.1) is 0 Å². The van der Waals surface area contributed by atoms with Gasteiger partial charge in [-0.05, 0) is 40.8 Å². The molecule has 0 saturated heterocycles. The Balaban J connectivity index is 2.31. The van der Waals surface area contributed by atoms with E-state index >= 15 is 0 Å². The first-order valence-corrected chi connectivity index (χ1v) is 7.01. The molecule has 0 aliphatic heterocycles. The fourth-order valence-corrected chi connectivity index (χ4v) is 2.31. The number of hydrogen-bond acceptors (Lipinski definition) is 2. The van der Waals surface area contributed by atoms with Gasteiger partial charge in [-0.1, -0.05) is 6.92 Å². The molecule has 1 heterocycles. The van der Waals surface area contributed by atoms with Crippen LogP contribution in [0.5, 0.6) is 0 Å². The number of nitrogens with zero attached hydrogens (tertiary/aromatic N) is 1. The molecule has 19 heavy (non-hydrogen) atoms. The maximum Gasteiger partial charge on any atom is 0.303 e. The van der Waals surface area contributed by atoms with Crippen LogP contribution in [-0.4, -0.2) is 28.1 Å². The van der Waals surface area contributed by atoms with E-state index in [4.69, 9.17) is 5.11 Å². The van der Waals surface area contributed by atoms with Crippen LogP contribution in [0.1, 0.15) is 36.7 Å². The Kier molecular flexibility index (Phi) is 6.08. The molecule has 0 radical (unpaired) electrons. The van der Waals surface area contributed by atoms with Gasteiger partial charge < -0.3 is 15.0 Å². The molecule has 0 aliphatic rings. The number of carboxylic acid groups (broad SMARTS) is 1. The molecule has 2 N–H and O–H groups in total. The number of aliphatic carboxylic acids is 1. The van der Waals surface area contributed by atoms with Gasteiger partial charge in [-0.25, -0.2) is 0 Å². The lowest BCUT2D eigenvalue weighted by atomic mass is 10.0. The molecule has 0 fully saturated rings. The van der Waals surface area contributed by atoms with Gasteiger partial charge in [0.2, 0.25) is 0 Å². The Labute approximate surface area is 121 Å². The van der Waals surface area contributed by atoms with Crippen LogP contribution in [0.3, 0.4) is 0 Å². The van der Waals surface area contributed by atoms with Crippen molar-refractivity contribution in [2.24, 2.45) is 13.0 Å². The minimum Gasteiger partial charge on any atom is -0.481 e. The van der Waals surface area contributed by atoms with E-state index in [1.54, 1.807) is 10.6 Å². The lowest BCUT2D eigenvalue weighted by molar-refractivity contribution is -0.137. The van der Waals surface area contributed by atoms with E-state index in [1.165, 1.54) is 0 Å². The number of halogens is 1. The van der Waals surface area contributed by atoms with Crippen LogP contribution in [0.4, 0.5) is 0 Å². The first-order chi connectivity index (χ1) is 8.90. The highest BCUT2D eigenvalue weighted by molar-refractivity contribution is 9.10. The minimum atomic E-state index is -0.774. The third kappa shape index (κ3) is 5.46. The van der Waals surface area contributed by atoms with Crippen molar-refractivity contribution in [3.8, 4) is 0 Å². The molecule has 1 aromatic heterocycles. The molecule has 1 atom stereocenters. The van der Waals surface area contributed by atoms with E-state index in [9.17, 15) is 9.59 Å². The largest absolute Gasteiger partial charge is 0.481 e. The molecule has 0 aromatic carbocycles. The first kappa shape index (κ1) is 15.8. The summed E-state index contributed by atoms with van der Waals surface area (Å²) in [6.07, 6.45) is 3.43. The van der Waals surface area contributed by atoms with Gasteiger partial charge in [0.1, 0.15) is 5.69 Å². The van der Waals surface area contributed by atoms with Gasteiger partial charge >= 0.3 is 5.97 Å². The number of aromatic nitrogens is 1. The molecule has 1 unspecified atom stereocenters. The van der Waals surface area contributed by atoms with Crippen molar-refractivity contribution in [3.63, 3.8) is 0 Å². The molecule has 0 aliphatic carbocycles. The lowest BCUT2D eigenvalue weighted by Crippen LogP contribution is -2.27. The molecular weight excluding hydrogens is 312 g/mol. The molecule has 1 aromatic rings. The summed E-state index contributed by atoms with van der Waals surface area (Å²) in [5.74, 6) is -0.597. The number of amides is 1. The van der Waals surface area contributed by atoms with Crippen LogP contribution in [0, 0.1) is 5.92 Å². The summed E-state index contributed by atoms with van der Waals surface area (Å²) in [6, 6.07) is 1.77. The van der Waals surface area contributed by atoms with Crippen molar-refractivity contribution >= 4 is 27.8 Å². The van der Waals surface area contributed by atoms with E-state index in [0.717, 1.165) is 10.9 Å². The number of carboxylic acids is 1. The Morgan fingerprint density at radius 2 is 2.16 bits per heavy atom. The highest BCUT2D eigenvalue weighted by atomic mass is 79.9. The Bertz CT molecular complexity index is 457. The van der Waals surface area contributed by atoms with Crippen molar-refractivity contribution in [1.29, 1.82) is 0 Å². The predicted octanol–water partition coefficient (Wildman–Crippen LogP) is 2.41. The topological polar surface area (TPSA) is 71.3 Å². The lowest BCUT2D eigenvalue weighted by Gasteiger charge is -2.11. The Hall–Kier alpha value is -1.30. The fourth-order valence-electron chi connectivity index (χ4n) is 1.79. The summed E-state index contributed by atoms with van der Waals surface area (Å²) in [6.45, 7) is 2.55. The molecule has 5 nitrogen and oxygen atoms in total. The van der Waals surface area contributed by atoms with Crippen molar-refractivity contribution in [3.05, 3.63) is 22.4 Å². The fraction of sp³-hybridized carbons (Fsp3) is 0.538. The van der Waals surface area contributed by atoms with Gasteiger partial charge in [0.25, 0.3) is 5.91 Å². The average molecular weight is 331 g/mol. The summed E-state index contributed by atoms with van der Waals surface area (Å²) in [4.78, 5) is 22.3. The summed E-state index contributed by atoms with van der Waals surface area (Å²) in [5, 5.41) is 11.4. The minimum absolute atomic E-state index is 0.112. The summed E-state index contributed by atoms with van der Waals surface area (Å²) >= 11 is 3.32. The second-order valence-corrected chi connectivity index (χ2v) is 5.65. The highest BCUT2D eigenvalue weighted by Crippen LogP contribution is 2.14. The van der Waals surface area contributed by atoms with E-state index in [2.05, 4.69) is 21.2 Å². The maximum absolute atomic E-state index is 11.9. The van der Waals surface area contributed by atoms with Crippen molar-refractivity contribution in [2.75, 3.05) is 6.54 Å². The van der Waals surface area contributed by atoms with Gasteiger partial charge in [-0.15, -0.1) is 0 Å². The van der Waals surface area contributed by atoms with Gasteiger partial charge in [0.15, 0.2) is 0 Å². The van der Waals surface area contributed by atoms with Crippen molar-refractivity contribution in [1.82, 2.24) is 9.88 Å². The summed E-state index contributed by atoms with van der Waals surface area (Å²) in [5.41, 5.74) is 0.602. The maximum atomic E-state index is 11.9. The van der Waals surface area contributed by atoms with E-state index < -0.39 is 5.97 Å². The monoisotopic (exact) mass is 330 g/mol. The molecule has 1 rings (SSSR count). The smallest absolute Gasteiger partial charge is 0.303 e. The van der Waals surface area contributed by atoms with Crippen LogP contribution in [0.15, 0.2) is 16.7 Å². The SMILES string of the molecule is CC(CCNC(=O)c1cc(Br)cn1C)CCC(=O)O. The molecule has 0 spiro atoms. The van der Waals surface area contributed by atoms with Crippen LogP contribution in [0.2, 0.25) is 0 Å². The zero-order chi connectivity index (χ0) is 14.4. The van der Waals surface area contributed by atoms with Gasteiger partial charge in [0, 0.05) is 30.7 Å². The van der Waals surface area contributed by atoms with Gasteiger partial charge in [-0.3, -0.25) is 9.59 Å². The molecule has 0 bridgehead atoms. The van der Waals surface area contributed by atoms with Crippen molar-refractivity contribution < 1.29 is 14.7 Å². The zero-order valence-electron chi connectivity index (χ0n) is 11.1. The number of nitrogens with one attached hydrogen (secondary N) is 1. The zero-order valence-corrected chi connectivity index (χ0v) is 12.7. The van der Waals surface area contributed by atoms with E-state index in [0.29, 0.717) is 18.7 Å². The van der Waals surface area contributed by atoms with Crippen molar-refractivity contribution in [2.45, 2.75) is 26.2 Å². The Morgan fingerprint density at radius 1 is 1.47 bits per heavy atom. The van der Waals surface area contributed by atoms with Crippen LogP contribution >= 0.6 is 15.9 Å². The number of rotatable bonds is 7. The third-order valence-electron chi connectivity index (χ3n) is 2.98. The number of carbonyl (C=O) groups excluding carboxylic acids is 1. The van der Waals surface area contributed by atoms with Gasteiger partial charge in [-0.2, -0.15) is 0 Å². The quantitative estimate of drug-likeness (QED) is 0.806. The molecule has 1 amide bonds. The number of aryl methyl sites for hydroxylation is 1. The summed E-state index contributed by atoms with van der Waals surface area (Å²) in [7, 11) is 1.81. The number of hydrogen-bond donors (Lipinski definition) is 2. The third-order valence-corrected chi connectivity index (χ3v) is 3.41. The highest BCUT2D eigenvalue weighted by Gasteiger charge is 2.11.